The molecule has 0 saturated carbocycles. The van der Waals surface area contributed by atoms with Crippen LogP contribution in [0.15, 0.2) is 29.1 Å². The first kappa shape index (κ1) is 12.7. The SMILES string of the molecule is Cc1nc(Nc2ccc(C(=O)O)c(F)c2)cc(=O)[nH]1. The maximum absolute atomic E-state index is 13.5. The number of nitrogens with one attached hydrogen (secondary N) is 2. The number of halogens is 1. The fourth-order valence-corrected chi connectivity index (χ4v) is 1.56. The number of aromatic nitrogens is 2. The molecule has 3 N–H and O–H groups in total. The van der Waals surface area contributed by atoms with Gasteiger partial charge in [-0.2, -0.15) is 0 Å². The van der Waals surface area contributed by atoms with Gasteiger partial charge in [0.25, 0.3) is 5.56 Å². The number of rotatable bonds is 3. The highest BCUT2D eigenvalue weighted by atomic mass is 19.1. The summed E-state index contributed by atoms with van der Waals surface area (Å²) in [5, 5.41) is 11.4. The van der Waals surface area contributed by atoms with E-state index in [9.17, 15) is 14.0 Å². The van der Waals surface area contributed by atoms with E-state index in [1.165, 1.54) is 12.1 Å². The third kappa shape index (κ3) is 2.95. The summed E-state index contributed by atoms with van der Waals surface area (Å²) in [7, 11) is 0. The van der Waals surface area contributed by atoms with Gasteiger partial charge in [0.1, 0.15) is 17.5 Å². The van der Waals surface area contributed by atoms with Crippen molar-refractivity contribution < 1.29 is 14.3 Å². The number of H-pyrrole nitrogens is 1. The molecular weight excluding hydrogens is 253 g/mol. The Morgan fingerprint density at radius 1 is 1.42 bits per heavy atom. The molecule has 6 nitrogen and oxygen atoms in total. The Morgan fingerprint density at radius 2 is 2.16 bits per heavy atom. The first-order valence-corrected chi connectivity index (χ1v) is 5.33. The van der Waals surface area contributed by atoms with E-state index in [0.717, 1.165) is 12.1 Å². The number of carboxylic acids is 1. The van der Waals surface area contributed by atoms with Crippen LogP contribution in [0.4, 0.5) is 15.9 Å². The van der Waals surface area contributed by atoms with E-state index in [2.05, 4.69) is 15.3 Å². The van der Waals surface area contributed by atoms with Crippen LogP contribution in [0.25, 0.3) is 0 Å². The van der Waals surface area contributed by atoms with Crippen molar-refractivity contribution in [1.82, 2.24) is 9.97 Å². The molecule has 0 aliphatic carbocycles. The van der Waals surface area contributed by atoms with Crippen LogP contribution >= 0.6 is 0 Å². The molecule has 1 aromatic carbocycles. The molecular formula is C12H10FN3O3. The quantitative estimate of drug-likeness (QED) is 0.782. The maximum atomic E-state index is 13.5. The zero-order chi connectivity index (χ0) is 14.0. The van der Waals surface area contributed by atoms with Gasteiger partial charge < -0.3 is 15.4 Å². The van der Waals surface area contributed by atoms with Crippen LogP contribution in [0.3, 0.4) is 0 Å². The van der Waals surface area contributed by atoms with Gasteiger partial charge in [0.05, 0.1) is 5.56 Å². The minimum Gasteiger partial charge on any atom is -0.478 e. The molecule has 2 aromatic rings. The van der Waals surface area contributed by atoms with Crippen molar-refractivity contribution >= 4 is 17.5 Å². The van der Waals surface area contributed by atoms with Gasteiger partial charge in [-0.05, 0) is 25.1 Å². The standard InChI is InChI=1S/C12H10FN3O3/c1-6-14-10(5-11(17)15-6)16-7-2-3-8(12(18)19)9(13)4-7/h2-5H,1H3,(H,18,19)(H2,14,15,16,17). The van der Waals surface area contributed by atoms with Gasteiger partial charge >= 0.3 is 5.97 Å². The molecule has 0 unspecified atom stereocenters. The number of aromatic amines is 1. The van der Waals surface area contributed by atoms with Crippen molar-refractivity contribution in [2.24, 2.45) is 0 Å². The number of aryl methyl sites for hydroxylation is 1. The molecule has 0 amide bonds. The number of benzene rings is 1. The Bertz CT molecular complexity index is 697. The second-order valence-electron chi connectivity index (χ2n) is 3.84. The minimum absolute atomic E-state index is 0.253. The van der Waals surface area contributed by atoms with Crippen LogP contribution in [0, 0.1) is 12.7 Å². The zero-order valence-electron chi connectivity index (χ0n) is 9.90. The maximum Gasteiger partial charge on any atom is 0.338 e. The normalized spacial score (nSPS) is 10.2. The molecule has 0 fully saturated rings. The van der Waals surface area contributed by atoms with Crippen molar-refractivity contribution in [3.8, 4) is 0 Å². The van der Waals surface area contributed by atoms with Crippen molar-refractivity contribution in [2.75, 3.05) is 5.32 Å². The van der Waals surface area contributed by atoms with E-state index in [-0.39, 0.29) is 11.4 Å². The topological polar surface area (TPSA) is 95.1 Å². The highest BCUT2D eigenvalue weighted by Gasteiger charge is 2.10. The average Bonchev–Trinajstić information content (AvgIpc) is 2.26. The Labute approximate surface area is 106 Å². The lowest BCUT2D eigenvalue weighted by Crippen LogP contribution is -2.10. The van der Waals surface area contributed by atoms with Gasteiger partial charge in [-0.3, -0.25) is 4.79 Å². The second kappa shape index (κ2) is 4.89. The largest absolute Gasteiger partial charge is 0.478 e. The summed E-state index contributed by atoms with van der Waals surface area (Å²) in [6.45, 7) is 1.61. The molecule has 98 valence electrons. The Morgan fingerprint density at radius 3 is 2.74 bits per heavy atom. The summed E-state index contributed by atoms with van der Waals surface area (Å²) in [5.41, 5.74) is -0.446. The van der Waals surface area contributed by atoms with Crippen molar-refractivity contribution in [1.29, 1.82) is 0 Å². The summed E-state index contributed by atoms with van der Waals surface area (Å²) < 4.78 is 13.5. The first-order chi connectivity index (χ1) is 8.95. The Balaban J connectivity index is 2.31. The molecule has 1 heterocycles. The predicted octanol–water partition coefficient (Wildman–Crippen LogP) is 1.66. The first-order valence-electron chi connectivity index (χ1n) is 5.33. The lowest BCUT2D eigenvalue weighted by atomic mass is 10.2. The van der Waals surface area contributed by atoms with E-state index >= 15 is 0 Å². The summed E-state index contributed by atoms with van der Waals surface area (Å²) >= 11 is 0. The third-order valence-corrected chi connectivity index (χ3v) is 2.33. The average molecular weight is 263 g/mol. The number of carboxylic acid groups (broad SMARTS) is 1. The monoisotopic (exact) mass is 263 g/mol. The Hall–Kier alpha value is -2.70. The van der Waals surface area contributed by atoms with E-state index in [4.69, 9.17) is 5.11 Å². The van der Waals surface area contributed by atoms with E-state index < -0.39 is 17.3 Å². The summed E-state index contributed by atoms with van der Waals surface area (Å²) in [5.74, 6) is -1.53. The lowest BCUT2D eigenvalue weighted by Gasteiger charge is -2.06. The summed E-state index contributed by atoms with van der Waals surface area (Å²) in [4.78, 5) is 28.4. The third-order valence-electron chi connectivity index (χ3n) is 2.33. The summed E-state index contributed by atoms with van der Waals surface area (Å²) in [6.07, 6.45) is 0. The van der Waals surface area contributed by atoms with Crippen molar-refractivity contribution in [3.05, 3.63) is 51.8 Å². The van der Waals surface area contributed by atoms with Crippen LogP contribution in [0.5, 0.6) is 0 Å². The fraction of sp³-hybridized carbons (Fsp3) is 0.0833. The molecule has 0 bridgehead atoms. The molecule has 0 saturated heterocycles. The highest BCUT2D eigenvalue weighted by molar-refractivity contribution is 5.88. The van der Waals surface area contributed by atoms with Gasteiger partial charge in [0, 0.05) is 11.8 Å². The molecule has 1 aromatic heterocycles. The number of hydrogen-bond acceptors (Lipinski definition) is 4. The van der Waals surface area contributed by atoms with Crippen LogP contribution in [0.2, 0.25) is 0 Å². The summed E-state index contributed by atoms with van der Waals surface area (Å²) in [6, 6.07) is 4.78. The van der Waals surface area contributed by atoms with Crippen LogP contribution in [0.1, 0.15) is 16.2 Å². The second-order valence-corrected chi connectivity index (χ2v) is 3.84. The van der Waals surface area contributed by atoms with Crippen LogP contribution < -0.4 is 10.9 Å². The molecule has 0 aliphatic heterocycles. The number of hydrogen-bond donors (Lipinski definition) is 3. The number of anilines is 2. The van der Waals surface area contributed by atoms with Gasteiger partial charge in [-0.15, -0.1) is 0 Å². The fourth-order valence-electron chi connectivity index (χ4n) is 1.56. The number of aromatic carboxylic acids is 1. The Kier molecular flexibility index (Phi) is 3.28. The van der Waals surface area contributed by atoms with Crippen LogP contribution in [-0.4, -0.2) is 21.0 Å². The van der Waals surface area contributed by atoms with Crippen molar-refractivity contribution in [3.63, 3.8) is 0 Å². The molecule has 2 rings (SSSR count). The van der Waals surface area contributed by atoms with Crippen LogP contribution in [-0.2, 0) is 0 Å². The van der Waals surface area contributed by atoms with E-state index in [1.807, 2.05) is 0 Å². The van der Waals surface area contributed by atoms with Gasteiger partial charge in [-0.1, -0.05) is 0 Å². The van der Waals surface area contributed by atoms with Crippen molar-refractivity contribution in [2.45, 2.75) is 6.92 Å². The van der Waals surface area contributed by atoms with Gasteiger partial charge in [-0.25, -0.2) is 14.2 Å². The molecule has 7 heteroatoms. The predicted molar refractivity (Wildman–Crippen MR) is 66.2 cm³/mol. The smallest absolute Gasteiger partial charge is 0.338 e. The minimum atomic E-state index is -1.34. The lowest BCUT2D eigenvalue weighted by molar-refractivity contribution is 0.0692. The van der Waals surface area contributed by atoms with Gasteiger partial charge in [0.2, 0.25) is 0 Å². The number of nitrogens with zero attached hydrogens (tertiary/aromatic N) is 1. The van der Waals surface area contributed by atoms with E-state index in [0.29, 0.717) is 11.5 Å². The molecule has 0 atom stereocenters. The number of carbonyl (C=O) groups is 1. The highest BCUT2D eigenvalue weighted by Crippen LogP contribution is 2.17. The zero-order valence-corrected chi connectivity index (χ0v) is 9.90. The van der Waals surface area contributed by atoms with E-state index in [1.54, 1.807) is 6.92 Å². The molecule has 0 aliphatic rings. The molecule has 0 spiro atoms. The van der Waals surface area contributed by atoms with Gasteiger partial charge in [0.15, 0.2) is 0 Å². The molecule has 19 heavy (non-hydrogen) atoms. The molecule has 0 radical (unpaired) electrons.